The lowest BCUT2D eigenvalue weighted by Crippen LogP contribution is -2.42. The van der Waals surface area contributed by atoms with Crippen molar-refractivity contribution in [3.63, 3.8) is 0 Å². The van der Waals surface area contributed by atoms with Crippen LogP contribution in [0.5, 0.6) is 0 Å². The van der Waals surface area contributed by atoms with E-state index in [-0.39, 0.29) is 18.3 Å². The van der Waals surface area contributed by atoms with E-state index in [2.05, 4.69) is 0 Å². The van der Waals surface area contributed by atoms with Crippen LogP contribution in [0.1, 0.15) is 18.9 Å². The van der Waals surface area contributed by atoms with E-state index in [1.807, 2.05) is 37.3 Å². The van der Waals surface area contributed by atoms with Crippen molar-refractivity contribution in [1.29, 1.82) is 0 Å². The third kappa shape index (κ3) is 4.56. The van der Waals surface area contributed by atoms with Gasteiger partial charge < -0.3 is 9.64 Å². The van der Waals surface area contributed by atoms with Crippen molar-refractivity contribution >= 4 is 23.5 Å². The molecule has 0 radical (unpaired) electrons. The van der Waals surface area contributed by atoms with Gasteiger partial charge in [-0.05, 0) is 12.0 Å². The van der Waals surface area contributed by atoms with Gasteiger partial charge in [-0.25, -0.2) is 4.79 Å². The number of ketones is 1. The van der Waals surface area contributed by atoms with Crippen LogP contribution in [0.25, 0.3) is 0 Å². The molecular formula is C14H18ClNO3. The molecule has 1 rings (SSSR count). The highest BCUT2D eigenvalue weighted by Crippen LogP contribution is 2.08. The predicted octanol–water partition coefficient (Wildman–Crippen LogP) is 2.84. The number of carbonyl (C=O) groups excluding carboxylic acids is 2. The van der Waals surface area contributed by atoms with Crippen LogP contribution in [0.15, 0.2) is 30.3 Å². The molecular weight excluding hydrogens is 266 g/mol. The molecule has 0 fully saturated rings. The Morgan fingerprint density at radius 1 is 1.32 bits per heavy atom. The molecule has 0 spiro atoms. The Morgan fingerprint density at radius 2 is 1.95 bits per heavy atom. The minimum absolute atomic E-state index is 0.102. The van der Waals surface area contributed by atoms with Gasteiger partial charge in [0.15, 0.2) is 5.78 Å². The number of carbonyl (C=O) groups is 2. The summed E-state index contributed by atoms with van der Waals surface area (Å²) in [4.78, 5) is 24.7. The van der Waals surface area contributed by atoms with Crippen LogP contribution >= 0.6 is 11.6 Å². The average molecular weight is 284 g/mol. The Balaban J connectivity index is 2.54. The van der Waals surface area contributed by atoms with Crippen molar-refractivity contribution in [2.75, 3.05) is 12.9 Å². The van der Waals surface area contributed by atoms with Gasteiger partial charge in [-0.1, -0.05) is 37.3 Å². The first-order valence-electron chi connectivity index (χ1n) is 6.12. The number of rotatable bonds is 6. The van der Waals surface area contributed by atoms with Crippen LogP contribution < -0.4 is 0 Å². The van der Waals surface area contributed by atoms with E-state index in [0.29, 0.717) is 6.42 Å². The first-order valence-corrected chi connectivity index (χ1v) is 6.65. The van der Waals surface area contributed by atoms with Gasteiger partial charge in [0.2, 0.25) is 0 Å². The lowest BCUT2D eigenvalue weighted by Gasteiger charge is -2.24. The topological polar surface area (TPSA) is 46.6 Å². The highest BCUT2D eigenvalue weighted by Gasteiger charge is 2.25. The van der Waals surface area contributed by atoms with E-state index in [1.54, 1.807) is 7.05 Å². The van der Waals surface area contributed by atoms with Gasteiger partial charge in [-0.15, -0.1) is 11.6 Å². The van der Waals surface area contributed by atoms with Gasteiger partial charge in [0, 0.05) is 7.05 Å². The fraction of sp³-hybridized carbons (Fsp3) is 0.429. The van der Waals surface area contributed by atoms with E-state index >= 15 is 0 Å². The van der Waals surface area contributed by atoms with Gasteiger partial charge in [0.1, 0.15) is 6.61 Å². The molecule has 0 heterocycles. The zero-order chi connectivity index (χ0) is 14.3. The summed E-state index contributed by atoms with van der Waals surface area (Å²) in [5, 5.41) is 0. The van der Waals surface area contributed by atoms with E-state index in [1.165, 1.54) is 4.90 Å². The van der Waals surface area contributed by atoms with Crippen molar-refractivity contribution in [1.82, 2.24) is 4.90 Å². The van der Waals surface area contributed by atoms with Gasteiger partial charge in [-0.3, -0.25) is 4.79 Å². The fourth-order valence-corrected chi connectivity index (χ4v) is 1.93. The highest BCUT2D eigenvalue weighted by atomic mass is 35.5. The summed E-state index contributed by atoms with van der Waals surface area (Å²) in [6.45, 7) is 2.02. The Bertz CT molecular complexity index is 422. The molecule has 1 unspecified atom stereocenters. The zero-order valence-electron chi connectivity index (χ0n) is 11.1. The summed E-state index contributed by atoms with van der Waals surface area (Å²) < 4.78 is 5.16. The Kier molecular flexibility index (Phi) is 6.36. The molecule has 0 bridgehead atoms. The number of hydrogen-bond acceptors (Lipinski definition) is 3. The number of hydrogen-bond donors (Lipinski definition) is 0. The number of Topliss-reactive ketones (excluding diaryl/α,β-unsaturated/α-hetero) is 1. The molecule has 1 amide bonds. The van der Waals surface area contributed by atoms with Crippen molar-refractivity contribution in [2.24, 2.45) is 0 Å². The zero-order valence-corrected chi connectivity index (χ0v) is 11.9. The van der Waals surface area contributed by atoms with Crippen LogP contribution in [0.2, 0.25) is 0 Å². The van der Waals surface area contributed by atoms with Crippen molar-refractivity contribution < 1.29 is 14.3 Å². The second kappa shape index (κ2) is 7.79. The maximum Gasteiger partial charge on any atom is 0.410 e. The van der Waals surface area contributed by atoms with Crippen molar-refractivity contribution in [3.05, 3.63) is 35.9 Å². The smallest absolute Gasteiger partial charge is 0.410 e. The molecule has 0 aliphatic rings. The number of alkyl halides is 1. The molecule has 0 aromatic heterocycles. The van der Waals surface area contributed by atoms with Gasteiger partial charge >= 0.3 is 6.09 Å². The first kappa shape index (κ1) is 15.5. The summed E-state index contributed by atoms with van der Waals surface area (Å²) in [6, 6.07) is 8.85. The number of halogens is 1. The van der Waals surface area contributed by atoms with Gasteiger partial charge in [0.05, 0.1) is 11.9 Å². The molecule has 0 aliphatic carbocycles. The normalized spacial score (nSPS) is 11.7. The summed E-state index contributed by atoms with van der Waals surface area (Å²) in [6.07, 6.45) is -0.00293. The van der Waals surface area contributed by atoms with Crippen molar-refractivity contribution in [3.8, 4) is 0 Å². The second-order valence-corrected chi connectivity index (χ2v) is 4.44. The molecule has 0 aliphatic heterocycles. The molecule has 0 saturated carbocycles. The van der Waals surface area contributed by atoms with Crippen LogP contribution in [0, 0.1) is 0 Å². The minimum atomic E-state index is -0.527. The number of benzene rings is 1. The molecule has 5 heteroatoms. The summed E-state index contributed by atoms with van der Waals surface area (Å²) in [7, 11) is 1.55. The third-order valence-corrected chi connectivity index (χ3v) is 3.11. The summed E-state index contributed by atoms with van der Waals surface area (Å²) in [5.74, 6) is -0.280. The maximum absolute atomic E-state index is 11.8. The minimum Gasteiger partial charge on any atom is -0.445 e. The van der Waals surface area contributed by atoms with Gasteiger partial charge in [0.25, 0.3) is 0 Å². The van der Waals surface area contributed by atoms with Crippen LogP contribution in [-0.4, -0.2) is 35.7 Å². The standard InChI is InChI=1S/C14H18ClNO3/c1-3-12(13(17)9-15)16(2)14(18)19-10-11-7-5-4-6-8-11/h4-8,12H,3,9-10H2,1-2H3. The average Bonchev–Trinajstić information content (AvgIpc) is 2.46. The summed E-state index contributed by atoms with van der Waals surface area (Å²) in [5.41, 5.74) is 0.904. The molecule has 0 saturated heterocycles. The van der Waals surface area contributed by atoms with E-state index < -0.39 is 12.1 Å². The number of likely N-dealkylation sites (N-methyl/N-ethyl adjacent to an activating group) is 1. The van der Waals surface area contributed by atoms with Crippen LogP contribution in [-0.2, 0) is 16.1 Å². The molecule has 4 nitrogen and oxygen atoms in total. The third-order valence-electron chi connectivity index (χ3n) is 2.85. The van der Waals surface area contributed by atoms with Crippen LogP contribution in [0.4, 0.5) is 4.79 Å². The highest BCUT2D eigenvalue weighted by molar-refractivity contribution is 6.28. The Morgan fingerprint density at radius 3 is 2.47 bits per heavy atom. The fourth-order valence-electron chi connectivity index (χ4n) is 1.75. The Labute approximate surface area is 118 Å². The molecule has 104 valence electrons. The first-order chi connectivity index (χ1) is 9.10. The molecule has 1 aromatic carbocycles. The molecule has 1 atom stereocenters. The Hall–Kier alpha value is -1.55. The van der Waals surface area contributed by atoms with E-state index in [9.17, 15) is 9.59 Å². The number of nitrogens with zero attached hydrogens (tertiary/aromatic N) is 1. The second-order valence-electron chi connectivity index (χ2n) is 4.18. The monoisotopic (exact) mass is 283 g/mol. The molecule has 19 heavy (non-hydrogen) atoms. The maximum atomic E-state index is 11.8. The SMILES string of the molecule is CCC(C(=O)CCl)N(C)C(=O)OCc1ccccc1. The van der Waals surface area contributed by atoms with Crippen LogP contribution in [0.3, 0.4) is 0 Å². The molecule has 1 aromatic rings. The number of amides is 1. The predicted molar refractivity (Wildman–Crippen MR) is 74.2 cm³/mol. The molecule has 0 N–H and O–H groups in total. The van der Waals surface area contributed by atoms with E-state index in [0.717, 1.165) is 5.56 Å². The van der Waals surface area contributed by atoms with Crippen molar-refractivity contribution in [2.45, 2.75) is 26.0 Å². The van der Waals surface area contributed by atoms with E-state index in [4.69, 9.17) is 16.3 Å². The number of ether oxygens (including phenoxy) is 1. The quantitative estimate of drug-likeness (QED) is 0.754. The summed E-state index contributed by atoms with van der Waals surface area (Å²) >= 11 is 5.52. The van der Waals surface area contributed by atoms with Gasteiger partial charge in [-0.2, -0.15) is 0 Å². The lowest BCUT2D eigenvalue weighted by molar-refractivity contribution is -0.121. The lowest BCUT2D eigenvalue weighted by atomic mass is 10.1. The largest absolute Gasteiger partial charge is 0.445 e.